The van der Waals surface area contributed by atoms with Gasteiger partial charge in [0.15, 0.2) is 0 Å². The molecule has 1 atom stereocenters. The second-order valence-corrected chi connectivity index (χ2v) is 5.80. The summed E-state index contributed by atoms with van der Waals surface area (Å²) in [6.07, 6.45) is 4.71. The average Bonchev–Trinajstić information content (AvgIpc) is 2.86. The van der Waals surface area contributed by atoms with E-state index in [2.05, 4.69) is 46.3 Å². The van der Waals surface area contributed by atoms with Gasteiger partial charge in [-0.2, -0.15) is 11.8 Å². The topological polar surface area (TPSA) is 27.8 Å². The van der Waals surface area contributed by atoms with Crippen LogP contribution in [0.2, 0.25) is 0 Å². The predicted octanol–water partition coefficient (Wildman–Crippen LogP) is 3.15. The van der Waals surface area contributed by atoms with E-state index in [1.54, 1.807) is 0 Å². The Morgan fingerprint density at radius 1 is 1.35 bits per heavy atom. The van der Waals surface area contributed by atoms with Crippen molar-refractivity contribution in [2.24, 2.45) is 0 Å². The van der Waals surface area contributed by atoms with E-state index in [1.807, 2.05) is 6.20 Å². The third-order valence-corrected chi connectivity index (χ3v) is 4.64. The number of benzene rings is 1. The van der Waals surface area contributed by atoms with Gasteiger partial charge in [-0.15, -0.1) is 0 Å². The molecule has 0 bridgehead atoms. The van der Waals surface area contributed by atoms with Crippen molar-refractivity contribution >= 4 is 22.7 Å². The summed E-state index contributed by atoms with van der Waals surface area (Å²) in [6.45, 7) is 0.987. The van der Waals surface area contributed by atoms with Gasteiger partial charge >= 0.3 is 0 Å². The van der Waals surface area contributed by atoms with Crippen molar-refractivity contribution in [3.63, 3.8) is 0 Å². The van der Waals surface area contributed by atoms with Crippen molar-refractivity contribution in [1.29, 1.82) is 0 Å². The van der Waals surface area contributed by atoms with E-state index >= 15 is 0 Å². The van der Waals surface area contributed by atoms with E-state index < -0.39 is 0 Å². The van der Waals surface area contributed by atoms with Crippen LogP contribution in [0.1, 0.15) is 18.4 Å². The quantitative estimate of drug-likeness (QED) is 0.870. The summed E-state index contributed by atoms with van der Waals surface area (Å²) >= 11 is 2.07. The summed E-state index contributed by atoms with van der Waals surface area (Å²) in [5, 5.41) is 5.04. The molecule has 1 aliphatic heterocycles. The number of hydrogen-bond donors (Lipinski definition) is 2. The molecule has 1 unspecified atom stereocenters. The average molecular weight is 246 g/mol. The van der Waals surface area contributed by atoms with Crippen molar-refractivity contribution in [2.75, 3.05) is 11.5 Å². The second-order valence-electron chi connectivity index (χ2n) is 4.65. The molecule has 2 N–H and O–H groups in total. The maximum atomic E-state index is 3.69. The summed E-state index contributed by atoms with van der Waals surface area (Å²) in [6, 6.07) is 9.35. The van der Waals surface area contributed by atoms with Crippen LogP contribution in [0.3, 0.4) is 0 Å². The molecule has 1 aliphatic rings. The Morgan fingerprint density at radius 3 is 3.24 bits per heavy atom. The van der Waals surface area contributed by atoms with E-state index in [-0.39, 0.29) is 0 Å². The monoisotopic (exact) mass is 246 g/mol. The van der Waals surface area contributed by atoms with Crippen molar-refractivity contribution < 1.29 is 0 Å². The van der Waals surface area contributed by atoms with Gasteiger partial charge in [-0.1, -0.05) is 12.1 Å². The molecule has 3 heteroatoms. The molecule has 0 aliphatic carbocycles. The molecule has 3 rings (SSSR count). The second kappa shape index (κ2) is 5.15. The number of H-pyrrole nitrogens is 1. The molecule has 0 spiro atoms. The molecule has 0 saturated carbocycles. The van der Waals surface area contributed by atoms with Gasteiger partial charge in [0.2, 0.25) is 0 Å². The Labute approximate surface area is 106 Å². The molecule has 90 valence electrons. The molecular weight excluding hydrogens is 228 g/mol. The van der Waals surface area contributed by atoms with Gasteiger partial charge in [0, 0.05) is 35.4 Å². The first-order chi connectivity index (χ1) is 8.43. The third kappa shape index (κ3) is 2.50. The van der Waals surface area contributed by atoms with Crippen LogP contribution in [0.25, 0.3) is 10.9 Å². The molecule has 2 heterocycles. The van der Waals surface area contributed by atoms with Crippen molar-refractivity contribution in [3.05, 3.63) is 36.0 Å². The van der Waals surface area contributed by atoms with Gasteiger partial charge in [-0.05, 0) is 36.3 Å². The van der Waals surface area contributed by atoms with E-state index in [0.29, 0.717) is 6.04 Å². The molecular formula is C14H18N2S. The van der Waals surface area contributed by atoms with Gasteiger partial charge < -0.3 is 10.3 Å². The van der Waals surface area contributed by atoms with E-state index in [4.69, 9.17) is 0 Å². The van der Waals surface area contributed by atoms with Gasteiger partial charge in [0.05, 0.1) is 0 Å². The van der Waals surface area contributed by atoms with Crippen LogP contribution >= 0.6 is 11.8 Å². The Morgan fingerprint density at radius 2 is 2.35 bits per heavy atom. The van der Waals surface area contributed by atoms with Crippen LogP contribution in [-0.2, 0) is 6.54 Å². The third-order valence-electron chi connectivity index (χ3n) is 3.43. The molecule has 0 radical (unpaired) electrons. The number of aromatic nitrogens is 1. The number of hydrogen-bond acceptors (Lipinski definition) is 2. The highest BCUT2D eigenvalue weighted by molar-refractivity contribution is 7.99. The van der Waals surface area contributed by atoms with Crippen LogP contribution in [-0.4, -0.2) is 22.5 Å². The number of thioether (sulfide) groups is 1. The summed E-state index contributed by atoms with van der Waals surface area (Å²) < 4.78 is 0. The highest BCUT2D eigenvalue weighted by Gasteiger charge is 2.13. The maximum absolute atomic E-state index is 3.69. The SMILES string of the molecule is c1cc(CNC2CCCSC2)c2cc[nH]c2c1. The minimum absolute atomic E-state index is 0.697. The largest absolute Gasteiger partial charge is 0.361 e. The van der Waals surface area contributed by atoms with E-state index in [0.717, 1.165) is 6.54 Å². The van der Waals surface area contributed by atoms with E-state index in [9.17, 15) is 0 Å². The zero-order valence-electron chi connectivity index (χ0n) is 9.91. The molecule has 2 aromatic rings. The first-order valence-electron chi connectivity index (χ1n) is 6.29. The fourth-order valence-corrected chi connectivity index (χ4v) is 3.57. The molecule has 1 aromatic heterocycles. The summed E-state index contributed by atoms with van der Waals surface area (Å²) in [5.74, 6) is 2.61. The molecule has 2 nitrogen and oxygen atoms in total. The zero-order chi connectivity index (χ0) is 11.5. The smallest absolute Gasteiger partial charge is 0.0457 e. The minimum atomic E-state index is 0.697. The lowest BCUT2D eigenvalue weighted by atomic mass is 10.1. The van der Waals surface area contributed by atoms with Crippen LogP contribution < -0.4 is 5.32 Å². The maximum Gasteiger partial charge on any atom is 0.0457 e. The van der Waals surface area contributed by atoms with Crippen LogP contribution in [0.15, 0.2) is 30.5 Å². The highest BCUT2D eigenvalue weighted by Crippen LogP contribution is 2.20. The Kier molecular flexibility index (Phi) is 3.39. The van der Waals surface area contributed by atoms with Crippen molar-refractivity contribution in [2.45, 2.75) is 25.4 Å². The Hall–Kier alpha value is -0.930. The predicted molar refractivity (Wildman–Crippen MR) is 75.5 cm³/mol. The van der Waals surface area contributed by atoms with Crippen LogP contribution in [0, 0.1) is 0 Å². The number of nitrogens with one attached hydrogen (secondary N) is 2. The fraction of sp³-hybridized carbons (Fsp3) is 0.429. The summed E-state index contributed by atoms with van der Waals surface area (Å²) in [7, 11) is 0. The van der Waals surface area contributed by atoms with Gasteiger partial charge in [-0.3, -0.25) is 0 Å². The summed E-state index contributed by atoms with van der Waals surface area (Å²) in [4.78, 5) is 3.27. The normalized spacial score (nSPS) is 20.8. The first kappa shape index (κ1) is 11.2. The lowest BCUT2D eigenvalue weighted by Gasteiger charge is -2.22. The van der Waals surface area contributed by atoms with Crippen LogP contribution in [0.5, 0.6) is 0 Å². The van der Waals surface area contributed by atoms with E-state index in [1.165, 1.54) is 40.8 Å². The molecule has 1 saturated heterocycles. The van der Waals surface area contributed by atoms with Gasteiger partial charge in [-0.25, -0.2) is 0 Å². The lowest BCUT2D eigenvalue weighted by Crippen LogP contribution is -2.33. The highest BCUT2D eigenvalue weighted by atomic mass is 32.2. The standard InChI is InChI=1S/C14H18N2S/c1-3-11(13-6-7-15-14(13)5-1)9-16-12-4-2-8-17-10-12/h1,3,5-7,12,15-16H,2,4,8-10H2. The van der Waals surface area contributed by atoms with Crippen molar-refractivity contribution in [1.82, 2.24) is 10.3 Å². The molecule has 1 aromatic carbocycles. The van der Waals surface area contributed by atoms with Crippen LogP contribution in [0.4, 0.5) is 0 Å². The van der Waals surface area contributed by atoms with Gasteiger partial charge in [0.25, 0.3) is 0 Å². The molecule has 0 amide bonds. The first-order valence-corrected chi connectivity index (χ1v) is 7.45. The lowest BCUT2D eigenvalue weighted by molar-refractivity contribution is 0.509. The molecule has 17 heavy (non-hydrogen) atoms. The fourth-order valence-electron chi connectivity index (χ4n) is 2.46. The number of rotatable bonds is 3. The number of aromatic amines is 1. The van der Waals surface area contributed by atoms with Crippen molar-refractivity contribution in [3.8, 4) is 0 Å². The van der Waals surface area contributed by atoms with Gasteiger partial charge in [0.1, 0.15) is 0 Å². The molecule has 1 fully saturated rings. The number of fused-ring (bicyclic) bond motifs is 1. The minimum Gasteiger partial charge on any atom is -0.361 e. The summed E-state index contributed by atoms with van der Waals surface area (Å²) in [5.41, 5.74) is 2.64. The zero-order valence-corrected chi connectivity index (χ0v) is 10.7. The Bertz CT molecular complexity index is 486. The Balaban J connectivity index is 1.69.